The first kappa shape index (κ1) is 11.8. The van der Waals surface area contributed by atoms with Gasteiger partial charge in [0.05, 0.1) is 6.20 Å². The number of hydrogen-bond donors (Lipinski definition) is 0. The molecule has 1 heterocycles. The zero-order valence-electron chi connectivity index (χ0n) is 7.60. The molecule has 1 amide bonds. The van der Waals surface area contributed by atoms with E-state index >= 15 is 0 Å². The molecule has 0 saturated heterocycles. The molecule has 0 atom stereocenters. The summed E-state index contributed by atoms with van der Waals surface area (Å²) in [7, 11) is 1.73. The minimum Gasteiger partial charge on any atom is -0.341 e. The minimum atomic E-state index is -0.0920. The van der Waals surface area contributed by atoms with Crippen LogP contribution in [0.4, 0.5) is 0 Å². The zero-order valence-corrected chi connectivity index (χ0v) is 8.41. The molecule has 1 aromatic rings. The quantitative estimate of drug-likeness (QED) is 0.717. The van der Waals surface area contributed by atoms with Gasteiger partial charge in [-0.3, -0.25) is 9.78 Å². The third kappa shape index (κ3) is 2.99. The molecule has 0 N–H and O–H groups in total. The average Bonchev–Trinajstić information content (AvgIpc) is 2.17. The van der Waals surface area contributed by atoms with Crippen LogP contribution in [-0.4, -0.2) is 34.4 Å². The Morgan fingerprint density at radius 1 is 1.54 bits per heavy atom. The number of halogens is 1. The highest BCUT2D eigenvalue weighted by Crippen LogP contribution is 1.95. The molecule has 0 fully saturated rings. The van der Waals surface area contributed by atoms with Gasteiger partial charge >= 0.3 is 0 Å². The van der Waals surface area contributed by atoms with Crippen molar-refractivity contribution in [3.63, 3.8) is 0 Å². The normalized spacial score (nSPS) is 8.77. The van der Waals surface area contributed by atoms with Crippen molar-refractivity contribution in [2.24, 2.45) is 0 Å². The third-order valence-electron chi connectivity index (χ3n) is 1.60. The van der Waals surface area contributed by atoms with Crippen molar-refractivity contribution in [1.29, 1.82) is 0 Å². The zero-order chi connectivity index (χ0) is 8.97. The topological polar surface area (TPSA) is 46.1 Å². The molecule has 0 aromatic carbocycles. The highest BCUT2D eigenvalue weighted by Gasteiger charge is 2.09. The van der Waals surface area contributed by atoms with E-state index in [0.29, 0.717) is 12.2 Å². The number of rotatable bonds is 2. The smallest absolute Gasteiger partial charge is 0.273 e. The van der Waals surface area contributed by atoms with E-state index in [1.807, 2.05) is 6.92 Å². The lowest BCUT2D eigenvalue weighted by molar-refractivity contribution is 0.0796. The van der Waals surface area contributed by atoms with Gasteiger partial charge < -0.3 is 4.90 Å². The number of carbonyl (C=O) groups is 1. The van der Waals surface area contributed by atoms with Crippen LogP contribution in [0.1, 0.15) is 17.4 Å². The van der Waals surface area contributed by atoms with Gasteiger partial charge in [-0.15, -0.1) is 12.4 Å². The molecule has 0 aliphatic rings. The van der Waals surface area contributed by atoms with E-state index in [1.165, 1.54) is 12.4 Å². The van der Waals surface area contributed by atoms with Gasteiger partial charge in [0.2, 0.25) is 0 Å². The maximum absolute atomic E-state index is 11.4. The van der Waals surface area contributed by atoms with Gasteiger partial charge in [0.1, 0.15) is 5.69 Å². The van der Waals surface area contributed by atoms with Crippen LogP contribution in [0.2, 0.25) is 0 Å². The maximum Gasteiger partial charge on any atom is 0.273 e. The molecular weight excluding hydrogens is 190 g/mol. The Labute approximate surface area is 83.4 Å². The van der Waals surface area contributed by atoms with Crippen LogP contribution in [-0.2, 0) is 0 Å². The van der Waals surface area contributed by atoms with E-state index in [-0.39, 0.29) is 18.3 Å². The summed E-state index contributed by atoms with van der Waals surface area (Å²) in [6, 6.07) is 0. The maximum atomic E-state index is 11.4. The predicted molar refractivity (Wildman–Crippen MR) is 51.9 cm³/mol. The Morgan fingerprint density at radius 3 is 2.69 bits per heavy atom. The second-order valence-corrected chi connectivity index (χ2v) is 2.41. The number of hydrogen-bond acceptors (Lipinski definition) is 3. The van der Waals surface area contributed by atoms with Gasteiger partial charge in [0, 0.05) is 26.0 Å². The second kappa shape index (κ2) is 5.48. The summed E-state index contributed by atoms with van der Waals surface area (Å²) in [5.41, 5.74) is 0.391. The Kier molecular flexibility index (Phi) is 4.99. The Balaban J connectivity index is 0.00000144. The van der Waals surface area contributed by atoms with E-state index in [4.69, 9.17) is 0 Å². The van der Waals surface area contributed by atoms with E-state index in [2.05, 4.69) is 9.97 Å². The summed E-state index contributed by atoms with van der Waals surface area (Å²) in [6.07, 6.45) is 4.52. The van der Waals surface area contributed by atoms with Crippen LogP contribution in [0.25, 0.3) is 0 Å². The number of carbonyl (C=O) groups excluding carboxylic acids is 1. The van der Waals surface area contributed by atoms with Gasteiger partial charge in [0.25, 0.3) is 5.91 Å². The van der Waals surface area contributed by atoms with Crippen molar-refractivity contribution >= 4 is 18.3 Å². The molecular formula is C8H12ClN3O. The third-order valence-corrected chi connectivity index (χ3v) is 1.60. The summed E-state index contributed by atoms with van der Waals surface area (Å²) >= 11 is 0. The summed E-state index contributed by atoms with van der Waals surface area (Å²) in [5, 5.41) is 0. The van der Waals surface area contributed by atoms with Crippen molar-refractivity contribution in [2.75, 3.05) is 13.6 Å². The second-order valence-electron chi connectivity index (χ2n) is 2.41. The summed E-state index contributed by atoms with van der Waals surface area (Å²) in [5.74, 6) is -0.0920. The van der Waals surface area contributed by atoms with Crippen molar-refractivity contribution < 1.29 is 4.79 Å². The fourth-order valence-corrected chi connectivity index (χ4v) is 0.749. The lowest BCUT2D eigenvalue weighted by Gasteiger charge is -2.12. The van der Waals surface area contributed by atoms with Gasteiger partial charge in [-0.1, -0.05) is 0 Å². The van der Waals surface area contributed by atoms with Gasteiger partial charge in [0.15, 0.2) is 0 Å². The lowest BCUT2D eigenvalue weighted by Crippen LogP contribution is -2.27. The van der Waals surface area contributed by atoms with Crippen LogP contribution < -0.4 is 0 Å². The van der Waals surface area contributed by atoms with E-state index < -0.39 is 0 Å². The molecule has 0 spiro atoms. The van der Waals surface area contributed by atoms with Crippen molar-refractivity contribution in [3.05, 3.63) is 24.3 Å². The number of nitrogens with zero attached hydrogens (tertiary/aromatic N) is 3. The lowest BCUT2D eigenvalue weighted by atomic mass is 10.4. The van der Waals surface area contributed by atoms with E-state index in [0.717, 1.165) is 0 Å². The molecule has 72 valence electrons. The van der Waals surface area contributed by atoms with Crippen LogP contribution >= 0.6 is 12.4 Å². The SMILES string of the molecule is CCN(C)C(=O)c1cnccn1.Cl. The Morgan fingerprint density at radius 2 is 2.23 bits per heavy atom. The molecule has 0 unspecified atom stereocenters. The minimum absolute atomic E-state index is 0. The summed E-state index contributed by atoms with van der Waals surface area (Å²) < 4.78 is 0. The largest absolute Gasteiger partial charge is 0.341 e. The monoisotopic (exact) mass is 201 g/mol. The van der Waals surface area contributed by atoms with E-state index in [9.17, 15) is 4.79 Å². The fourth-order valence-electron chi connectivity index (χ4n) is 0.749. The van der Waals surface area contributed by atoms with Gasteiger partial charge in [-0.05, 0) is 6.92 Å². The highest BCUT2D eigenvalue weighted by atomic mass is 35.5. The molecule has 13 heavy (non-hydrogen) atoms. The average molecular weight is 202 g/mol. The highest BCUT2D eigenvalue weighted by molar-refractivity contribution is 5.91. The predicted octanol–water partition coefficient (Wildman–Crippen LogP) is 0.990. The molecule has 0 aliphatic carbocycles. The first-order valence-corrected chi connectivity index (χ1v) is 3.77. The fraction of sp³-hybridized carbons (Fsp3) is 0.375. The summed E-state index contributed by atoms with van der Waals surface area (Å²) in [4.78, 5) is 20.7. The van der Waals surface area contributed by atoms with Gasteiger partial charge in [-0.25, -0.2) is 4.98 Å². The molecule has 0 radical (unpaired) electrons. The number of amides is 1. The number of aromatic nitrogens is 2. The van der Waals surface area contributed by atoms with Crippen LogP contribution in [0.5, 0.6) is 0 Å². The Hall–Kier alpha value is -1.16. The molecule has 5 heteroatoms. The van der Waals surface area contributed by atoms with Crippen LogP contribution in [0.15, 0.2) is 18.6 Å². The van der Waals surface area contributed by atoms with Crippen molar-refractivity contribution in [1.82, 2.24) is 14.9 Å². The van der Waals surface area contributed by atoms with Gasteiger partial charge in [-0.2, -0.15) is 0 Å². The molecule has 0 aliphatic heterocycles. The van der Waals surface area contributed by atoms with Crippen LogP contribution in [0.3, 0.4) is 0 Å². The first-order chi connectivity index (χ1) is 5.75. The molecule has 1 aromatic heterocycles. The van der Waals surface area contributed by atoms with Crippen molar-refractivity contribution in [3.8, 4) is 0 Å². The molecule has 1 rings (SSSR count). The van der Waals surface area contributed by atoms with E-state index in [1.54, 1.807) is 18.1 Å². The Bertz CT molecular complexity index is 265. The standard InChI is InChI=1S/C8H11N3O.ClH/c1-3-11(2)8(12)7-6-9-4-5-10-7;/h4-6H,3H2,1-2H3;1H. The van der Waals surface area contributed by atoms with Crippen molar-refractivity contribution in [2.45, 2.75) is 6.92 Å². The molecule has 4 nitrogen and oxygen atoms in total. The van der Waals surface area contributed by atoms with Crippen LogP contribution in [0, 0.1) is 0 Å². The molecule has 0 bridgehead atoms. The molecule has 0 saturated carbocycles. The first-order valence-electron chi connectivity index (χ1n) is 3.77. The summed E-state index contributed by atoms with van der Waals surface area (Å²) in [6.45, 7) is 2.59.